The first-order valence-corrected chi connectivity index (χ1v) is 6.41. The van der Waals surface area contributed by atoms with Crippen molar-refractivity contribution in [2.24, 2.45) is 5.92 Å². The van der Waals surface area contributed by atoms with Crippen molar-refractivity contribution < 1.29 is 13.5 Å². The number of rotatable bonds is 8. The van der Waals surface area contributed by atoms with Gasteiger partial charge in [-0.3, -0.25) is 0 Å². The summed E-state index contributed by atoms with van der Waals surface area (Å²) in [6.45, 7) is 3.91. The van der Waals surface area contributed by atoms with Gasteiger partial charge in [0.2, 0.25) is 0 Å². The molecule has 0 saturated carbocycles. The van der Waals surface area contributed by atoms with Crippen LogP contribution in [0.2, 0.25) is 0 Å². The number of aromatic nitrogens is 2. The van der Waals surface area contributed by atoms with Crippen LogP contribution in [-0.2, 0) is 17.6 Å². The Morgan fingerprint density at radius 2 is 2.05 bits per heavy atom. The van der Waals surface area contributed by atoms with Crippen LogP contribution in [0.15, 0.2) is 6.07 Å². The average molecular weight is 273 g/mol. The van der Waals surface area contributed by atoms with Gasteiger partial charge in [0.1, 0.15) is 18.2 Å². The summed E-state index contributed by atoms with van der Waals surface area (Å²) in [5.41, 5.74) is 0.957. The fraction of sp³-hybridized carbons (Fsp3) is 0.692. The molecule has 0 fully saturated rings. The first kappa shape index (κ1) is 15.8. The number of ether oxygens (including phenoxy) is 1. The third-order valence-electron chi connectivity index (χ3n) is 2.41. The molecule has 0 atom stereocenters. The van der Waals surface area contributed by atoms with Gasteiger partial charge in [-0.05, 0) is 12.3 Å². The molecule has 0 aliphatic rings. The van der Waals surface area contributed by atoms with Gasteiger partial charge in [0.25, 0.3) is 6.43 Å². The van der Waals surface area contributed by atoms with Gasteiger partial charge in [-0.25, -0.2) is 18.7 Å². The minimum Gasteiger partial charge on any atom is -0.375 e. The highest BCUT2D eigenvalue weighted by Gasteiger charge is 2.07. The molecule has 0 aliphatic carbocycles. The molecule has 0 aromatic carbocycles. The molecule has 0 amide bonds. The van der Waals surface area contributed by atoms with E-state index >= 15 is 0 Å². The van der Waals surface area contributed by atoms with Gasteiger partial charge in [-0.2, -0.15) is 0 Å². The molecule has 1 aromatic heterocycles. The van der Waals surface area contributed by atoms with Crippen LogP contribution < -0.4 is 5.32 Å². The van der Waals surface area contributed by atoms with Gasteiger partial charge in [0.15, 0.2) is 0 Å². The molecule has 0 bridgehead atoms. The summed E-state index contributed by atoms with van der Waals surface area (Å²) < 4.78 is 28.7. The van der Waals surface area contributed by atoms with E-state index in [1.807, 2.05) is 6.07 Å². The molecular weight excluding hydrogens is 252 g/mol. The van der Waals surface area contributed by atoms with Crippen LogP contribution in [0.25, 0.3) is 0 Å². The summed E-state index contributed by atoms with van der Waals surface area (Å²) in [4.78, 5) is 8.71. The maximum atomic E-state index is 11.9. The maximum absolute atomic E-state index is 11.9. The molecule has 0 saturated heterocycles. The van der Waals surface area contributed by atoms with E-state index in [2.05, 4.69) is 29.1 Å². The number of hydrogen-bond acceptors (Lipinski definition) is 4. The number of alkyl halides is 2. The molecule has 108 valence electrons. The molecule has 1 heterocycles. The Balaban J connectivity index is 2.60. The molecule has 0 radical (unpaired) electrons. The SMILES string of the molecule is CNc1cc(CC(C)C)nc(CCOCC(F)F)n1. The molecule has 1 aromatic rings. The van der Waals surface area contributed by atoms with Gasteiger partial charge >= 0.3 is 0 Å². The third kappa shape index (κ3) is 6.42. The van der Waals surface area contributed by atoms with Crippen molar-refractivity contribution >= 4 is 5.82 Å². The topological polar surface area (TPSA) is 47.0 Å². The zero-order valence-electron chi connectivity index (χ0n) is 11.6. The standard InChI is InChI=1S/C13H21F2N3O/c1-9(2)6-10-7-13(16-3)18-12(17-10)4-5-19-8-11(14)15/h7,9,11H,4-6,8H2,1-3H3,(H,16,17,18). The van der Waals surface area contributed by atoms with Crippen LogP contribution in [0.4, 0.5) is 14.6 Å². The zero-order chi connectivity index (χ0) is 14.3. The fourth-order valence-electron chi connectivity index (χ4n) is 1.65. The maximum Gasteiger partial charge on any atom is 0.261 e. The van der Waals surface area contributed by atoms with Crippen molar-refractivity contribution in [3.05, 3.63) is 17.6 Å². The average Bonchev–Trinajstić information content (AvgIpc) is 2.33. The van der Waals surface area contributed by atoms with Crippen LogP contribution >= 0.6 is 0 Å². The quantitative estimate of drug-likeness (QED) is 0.739. The largest absolute Gasteiger partial charge is 0.375 e. The molecular formula is C13H21F2N3O. The van der Waals surface area contributed by atoms with Crippen molar-refractivity contribution in [3.8, 4) is 0 Å². The van der Waals surface area contributed by atoms with Gasteiger partial charge in [-0.15, -0.1) is 0 Å². The lowest BCUT2D eigenvalue weighted by Gasteiger charge is -2.09. The van der Waals surface area contributed by atoms with Gasteiger partial charge < -0.3 is 10.1 Å². The lowest BCUT2D eigenvalue weighted by atomic mass is 10.1. The van der Waals surface area contributed by atoms with Crippen molar-refractivity contribution in [2.75, 3.05) is 25.6 Å². The minimum atomic E-state index is -2.43. The molecule has 4 nitrogen and oxygen atoms in total. The predicted molar refractivity (Wildman–Crippen MR) is 70.6 cm³/mol. The molecule has 19 heavy (non-hydrogen) atoms. The van der Waals surface area contributed by atoms with Crippen molar-refractivity contribution in [3.63, 3.8) is 0 Å². The number of hydrogen-bond donors (Lipinski definition) is 1. The van der Waals surface area contributed by atoms with E-state index in [1.54, 1.807) is 7.05 Å². The van der Waals surface area contributed by atoms with Crippen LogP contribution in [-0.4, -0.2) is 36.7 Å². The number of nitrogens with zero attached hydrogens (tertiary/aromatic N) is 2. The zero-order valence-corrected chi connectivity index (χ0v) is 11.6. The van der Waals surface area contributed by atoms with Crippen LogP contribution in [0.5, 0.6) is 0 Å². The molecule has 0 unspecified atom stereocenters. The second-order valence-electron chi connectivity index (χ2n) is 4.72. The smallest absolute Gasteiger partial charge is 0.261 e. The van der Waals surface area contributed by atoms with E-state index in [0.29, 0.717) is 18.2 Å². The lowest BCUT2D eigenvalue weighted by molar-refractivity contribution is 0.0183. The van der Waals surface area contributed by atoms with Crippen LogP contribution in [0.3, 0.4) is 0 Å². The van der Waals surface area contributed by atoms with Crippen molar-refractivity contribution in [2.45, 2.75) is 33.1 Å². The Labute approximate surface area is 112 Å². The fourth-order valence-corrected chi connectivity index (χ4v) is 1.65. The third-order valence-corrected chi connectivity index (χ3v) is 2.41. The Kier molecular flexibility index (Phi) is 6.62. The molecule has 1 N–H and O–H groups in total. The van der Waals surface area contributed by atoms with Crippen molar-refractivity contribution in [1.82, 2.24) is 9.97 Å². The molecule has 1 rings (SSSR count). The number of halogens is 2. The Bertz CT molecular complexity index is 386. The normalized spacial score (nSPS) is 11.3. The van der Waals surface area contributed by atoms with E-state index in [1.165, 1.54) is 0 Å². The second-order valence-corrected chi connectivity index (χ2v) is 4.72. The Morgan fingerprint density at radius 1 is 1.32 bits per heavy atom. The lowest BCUT2D eigenvalue weighted by Crippen LogP contribution is -2.11. The predicted octanol–water partition coefficient (Wildman–Crippen LogP) is 2.54. The first-order valence-electron chi connectivity index (χ1n) is 6.41. The highest BCUT2D eigenvalue weighted by atomic mass is 19.3. The van der Waals surface area contributed by atoms with Gasteiger partial charge in [-0.1, -0.05) is 13.8 Å². The second kappa shape index (κ2) is 7.99. The van der Waals surface area contributed by atoms with Crippen LogP contribution in [0.1, 0.15) is 25.4 Å². The van der Waals surface area contributed by atoms with Crippen molar-refractivity contribution in [1.29, 1.82) is 0 Å². The Morgan fingerprint density at radius 3 is 2.63 bits per heavy atom. The van der Waals surface area contributed by atoms with E-state index in [-0.39, 0.29) is 6.61 Å². The van der Waals surface area contributed by atoms with E-state index in [9.17, 15) is 8.78 Å². The molecule has 0 aliphatic heterocycles. The summed E-state index contributed by atoms with van der Waals surface area (Å²) >= 11 is 0. The molecule has 6 heteroatoms. The Hall–Kier alpha value is -1.30. The first-order chi connectivity index (χ1) is 9.01. The molecule has 0 spiro atoms. The summed E-state index contributed by atoms with van der Waals surface area (Å²) in [5, 5.41) is 2.98. The number of anilines is 1. The highest BCUT2D eigenvalue weighted by molar-refractivity contribution is 5.35. The van der Waals surface area contributed by atoms with E-state index < -0.39 is 13.0 Å². The van der Waals surface area contributed by atoms with E-state index in [0.717, 1.165) is 17.9 Å². The highest BCUT2D eigenvalue weighted by Crippen LogP contribution is 2.11. The summed E-state index contributed by atoms with van der Waals surface area (Å²) in [5.74, 6) is 1.87. The summed E-state index contributed by atoms with van der Waals surface area (Å²) in [7, 11) is 1.79. The summed E-state index contributed by atoms with van der Waals surface area (Å²) in [6, 6.07) is 1.91. The van der Waals surface area contributed by atoms with Crippen LogP contribution in [0, 0.1) is 5.92 Å². The number of nitrogens with one attached hydrogen (secondary N) is 1. The van der Waals surface area contributed by atoms with E-state index in [4.69, 9.17) is 4.74 Å². The van der Waals surface area contributed by atoms with Gasteiger partial charge in [0, 0.05) is 25.2 Å². The summed E-state index contributed by atoms with van der Waals surface area (Å²) in [6.07, 6.45) is -1.13. The minimum absolute atomic E-state index is 0.207. The van der Waals surface area contributed by atoms with Gasteiger partial charge in [0.05, 0.1) is 6.61 Å². The monoisotopic (exact) mass is 273 g/mol.